The van der Waals surface area contributed by atoms with Crippen molar-refractivity contribution < 1.29 is 14.3 Å². The summed E-state index contributed by atoms with van der Waals surface area (Å²) < 4.78 is 11.5. The molecule has 3 aromatic rings. The maximum atomic E-state index is 12.9. The molecule has 1 fully saturated rings. The molecule has 2 aromatic carbocycles. The Morgan fingerprint density at radius 3 is 2.61 bits per heavy atom. The lowest BCUT2D eigenvalue weighted by Crippen LogP contribution is -2.42. The molecule has 1 aromatic heterocycles. The van der Waals surface area contributed by atoms with E-state index < -0.39 is 0 Å². The summed E-state index contributed by atoms with van der Waals surface area (Å²) in [6.07, 6.45) is 1.83. The molecule has 28 heavy (non-hydrogen) atoms. The maximum absolute atomic E-state index is 12.9. The number of amides is 1. The van der Waals surface area contributed by atoms with Crippen molar-refractivity contribution in [2.24, 2.45) is 0 Å². The molecule has 0 radical (unpaired) electrons. The van der Waals surface area contributed by atoms with Crippen LogP contribution in [-0.2, 0) is 0 Å². The number of aromatic amines is 1. The average Bonchev–Trinajstić information content (AvgIpc) is 3.14. The number of piperidine rings is 1. The van der Waals surface area contributed by atoms with Crippen molar-refractivity contribution in [2.45, 2.75) is 32.8 Å². The molecule has 5 heteroatoms. The summed E-state index contributed by atoms with van der Waals surface area (Å²) in [4.78, 5) is 18.0. The maximum Gasteiger partial charge on any atom is 0.270 e. The van der Waals surface area contributed by atoms with E-state index in [4.69, 9.17) is 9.47 Å². The number of hydrogen-bond donors (Lipinski definition) is 1. The standard InChI is InChI=1S/C23H26N2O3/c1-15-4-5-16(2)22(12-15)28-18-8-10-25(11-9-18)23(26)21-13-17-6-7-19(27-3)14-20(17)24-21/h4-7,12-14,18,24H,8-11H2,1-3H3. The Bertz CT molecular complexity index is 1000. The molecule has 5 nitrogen and oxygen atoms in total. The summed E-state index contributed by atoms with van der Waals surface area (Å²) in [5, 5.41) is 1.01. The normalized spacial score (nSPS) is 15.0. The monoisotopic (exact) mass is 378 g/mol. The first-order valence-electron chi connectivity index (χ1n) is 9.73. The number of aromatic nitrogens is 1. The molecule has 2 heterocycles. The number of rotatable bonds is 4. The molecule has 1 amide bonds. The second kappa shape index (κ2) is 7.58. The Balaban J connectivity index is 1.40. The first-order valence-corrected chi connectivity index (χ1v) is 9.73. The van der Waals surface area contributed by atoms with E-state index >= 15 is 0 Å². The Morgan fingerprint density at radius 1 is 1.07 bits per heavy atom. The van der Waals surface area contributed by atoms with Gasteiger partial charge < -0.3 is 19.4 Å². The number of H-pyrrole nitrogens is 1. The van der Waals surface area contributed by atoms with Crippen molar-refractivity contribution in [1.82, 2.24) is 9.88 Å². The highest BCUT2D eigenvalue weighted by Crippen LogP contribution is 2.26. The molecule has 0 saturated carbocycles. The van der Waals surface area contributed by atoms with Gasteiger partial charge >= 0.3 is 0 Å². The van der Waals surface area contributed by atoms with Crippen molar-refractivity contribution >= 4 is 16.8 Å². The Morgan fingerprint density at radius 2 is 1.86 bits per heavy atom. The summed E-state index contributed by atoms with van der Waals surface area (Å²) >= 11 is 0. The number of benzene rings is 2. The number of methoxy groups -OCH3 is 1. The lowest BCUT2D eigenvalue weighted by Gasteiger charge is -2.32. The van der Waals surface area contributed by atoms with Crippen LogP contribution in [0.25, 0.3) is 10.9 Å². The van der Waals surface area contributed by atoms with E-state index in [1.807, 2.05) is 29.2 Å². The molecular formula is C23H26N2O3. The van der Waals surface area contributed by atoms with Crippen molar-refractivity contribution in [2.75, 3.05) is 20.2 Å². The molecule has 146 valence electrons. The van der Waals surface area contributed by atoms with Gasteiger partial charge in [-0.25, -0.2) is 0 Å². The van der Waals surface area contributed by atoms with Gasteiger partial charge in [0.1, 0.15) is 23.3 Å². The number of nitrogens with one attached hydrogen (secondary N) is 1. The number of carbonyl (C=O) groups excluding carboxylic acids is 1. The van der Waals surface area contributed by atoms with Crippen molar-refractivity contribution in [3.63, 3.8) is 0 Å². The predicted octanol–water partition coefficient (Wildman–Crippen LogP) is 4.48. The van der Waals surface area contributed by atoms with Crippen LogP contribution in [0.15, 0.2) is 42.5 Å². The molecule has 0 aliphatic carbocycles. The van der Waals surface area contributed by atoms with Crippen molar-refractivity contribution in [3.05, 3.63) is 59.3 Å². The number of ether oxygens (including phenoxy) is 2. The van der Waals surface area contributed by atoms with Crippen molar-refractivity contribution in [3.8, 4) is 11.5 Å². The van der Waals surface area contributed by atoms with Crippen LogP contribution in [0, 0.1) is 13.8 Å². The summed E-state index contributed by atoms with van der Waals surface area (Å²) in [5.41, 5.74) is 3.88. The van der Waals surface area contributed by atoms with E-state index in [1.54, 1.807) is 7.11 Å². The van der Waals surface area contributed by atoms with Gasteiger partial charge in [-0.1, -0.05) is 12.1 Å². The first kappa shape index (κ1) is 18.4. The molecule has 0 bridgehead atoms. The Kier molecular flexibility index (Phi) is 4.99. The number of carbonyl (C=O) groups is 1. The van der Waals surface area contributed by atoms with Crippen LogP contribution < -0.4 is 9.47 Å². The zero-order chi connectivity index (χ0) is 19.7. The topological polar surface area (TPSA) is 54.6 Å². The van der Waals surface area contributed by atoms with E-state index in [1.165, 1.54) is 5.56 Å². The second-order valence-electron chi connectivity index (χ2n) is 7.51. The minimum absolute atomic E-state index is 0.0420. The van der Waals surface area contributed by atoms with Gasteiger partial charge in [0.05, 0.1) is 7.11 Å². The van der Waals surface area contributed by atoms with E-state index in [0.717, 1.165) is 40.8 Å². The van der Waals surface area contributed by atoms with E-state index in [0.29, 0.717) is 18.8 Å². The smallest absolute Gasteiger partial charge is 0.270 e. The Hall–Kier alpha value is -2.95. The second-order valence-corrected chi connectivity index (χ2v) is 7.51. The van der Waals surface area contributed by atoms with Crippen LogP contribution in [-0.4, -0.2) is 42.1 Å². The fourth-order valence-electron chi connectivity index (χ4n) is 3.71. The van der Waals surface area contributed by atoms with Crippen LogP contribution in [0.2, 0.25) is 0 Å². The molecule has 0 atom stereocenters. The SMILES string of the molecule is COc1ccc2cc(C(=O)N3CCC(Oc4cc(C)ccc4C)CC3)[nH]c2c1. The summed E-state index contributed by atoms with van der Waals surface area (Å²) in [5.74, 6) is 1.77. The fraction of sp³-hybridized carbons (Fsp3) is 0.348. The van der Waals surface area contributed by atoms with Crippen LogP contribution >= 0.6 is 0 Å². The molecule has 1 aliphatic heterocycles. The van der Waals surface area contributed by atoms with E-state index in [2.05, 4.69) is 37.0 Å². The number of nitrogens with zero attached hydrogens (tertiary/aromatic N) is 1. The van der Waals surface area contributed by atoms with Gasteiger partial charge in [0.2, 0.25) is 0 Å². The van der Waals surface area contributed by atoms with E-state index in [-0.39, 0.29) is 12.0 Å². The zero-order valence-corrected chi connectivity index (χ0v) is 16.6. The van der Waals surface area contributed by atoms with Crippen LogP contribution in [0.3, 0.4) is 0 Å². The lowest BCUT2D eigenvalue weighted by molar-refractivity contribution is 0.0590. The largest absolute Gasteiger partial charge is 0.497 e. The number of hydrogen-bond acceptors (Lipinski definition) is 3. The van der Waals surface area contributed by atoms with Crippen LogP contribution in [0.5, 0.6) is 11.5 Å². The number of aryl methyl sites for hydroxylation is 2. The molecule has 1 saturated heterocycles. The highest BCUT2D eigenvalue weighted by Gasteiger charge is 2.26. The first-order chi connectivity index (χ1) is 13.5. The summed E-state index contributed by atoms with van der Waals surface area (Å²) in [6, 6.07) is 14.0. The fourth-order valence-corrected chi connectivity index (χ4v) is 3.71. The van der Waals surface area contributed by atoms with Gasteiger partial charge in [-0.15, -0.1) is 0 Å². The van der Waals surface area contributed by atoms with Gasteiger partial charge in [-0.05, 0) is 49.2 Å². The molecule has 1 aliphatic rings. The third kappa shape index (κ3) is 3.70. The van der Waals surface area contributed by atoms with Gasteiger partial charge in [-0.2, -0.15) is 0 Å². The third-order valence-electron chi connectivity index (χ3n) is 5.43. The minimum Gasteiger partial charge on any atom is -0.497 e. The Labute approximate surface area is 165 Å². The molecular weight excluding hydrogens is 352 g/mol. The molecule has 4 rings (SSSR count). The highest BCUT2D eigenvalue weighted by atomic mass is 16.5. The highest BCUT2D eigenvalue weighted by molar-refractivity contribution is 5.98. The van der Waals surface area contributed by atoms with Gasteiger partial charge in [0.25, 0.3) is 5.91 Å². The van der Waals surface area contributed by atoms with Gasteiger partial charge in [0, 0.05) is 42.9 Å². The molecule has 0 spiro atoms. The molecule has 1 N–H and O–H groups in total. The summed E-state index contributed by atoms with van der Waals surface area (Å²) in [7, 11) is 1.64. The minimum atomic E-state index is 0.0420. The van der Waals surface area contributed by atoms with Crippen molar-refractivity contribution in [1.29, 1.82) is 0 Å². The lowest BCUT2D eigenvalue weighted by atomic mass is 10.1. The van der Waals surface area contributed by atoms with Gasteiger partial charge in [-0.3, -0.25) is 4.79 Å². The average molecular weight is 378 g/mol. The molecule has 0 unspecified atom stereocenters. The zero-order valence-electron chi connectivity index (χ0n) is 16.6. The van der Waals surface area contributed by atoms with E-state index in [9.17, 15) is 4.79 Å². The third-order valence-corrected chi connectivity index (χ3v) is 5.43. The quantitative estimate of drug-likeness (QED) is 0.728. The van der Waals surface area contributed by atoms with Gasteiger partial charge in [0.15, 0.2) is 0 Å². The number of fused-ring (bicyclic) bond motifs is 1. The summed E-state index contributed by atoms with van der Waals surface area (Å²) in [6.45, 7) is 5.54. The van der Waals surface area contributed by atoms with Crippen LogP contribution in [0.1, 0.15) is 34.5 Å². The predicted molar refractivity (Wildman–Crippen MR) is 110 cm³/mol. The number of likely N-dealkylation sites (tertiary alicyclic amines) is 1. The van der Waals surface area contributed by atoms with Crippen LogP contribution in [0.4, 0.5) is 0 Å².